The number of nitrogens with one attached hydrogen (secondary N) is 3. The number of carbonyl (C=O) groups excluding carboxylic acids is 3. The zero-order valence-corrected chi connectivity index (χ0v) is 32.5. The maximum atomic E-state index is 14.1. The third kappa shape index (κ3) is 11.0. The summed E-state index contributed by atoms with van der Waals surface area (Å²) in [6, 6.07) is 13.6. The van der Waals surface area contributed by atoms with Crippen LogP contribution in [0.25, 0.3) is 21.4 Å². The Labute approximate surface area is 310 Å². The van der Waals surface area contributed by atoms with Gasteiger partial charge in [-0.15, -0.1) is 11.3 Å². The van der Waals surface area contributed by atoms with Gasteiger partial charge in [-0.2, -0.15) is 0 Å². The molecular weight excluding hydrogens is 683 g/mol. The van der Waals surface area contributed by atoms with Crippen molar-refractivity contribution < 1.29 is 33.4 Å². The highest BCUT2D eigenvalue weighted by molar-refractivity contribution is 7.13. The number of amides is 3. The SMILES string of the molecule is Cc1ncsc1-c1ccc([C@H](C)NC(=O)[C@H](C)N(CCO)C(=O)[C@@H](NCc2cc3ccc(OCCNC(=O)OC(C)(C)C)cc3o2)C(C)(C)C)cc1. The number of alkyl carbamates (subject to hydrolysis) is 1. The second-order valence-electron chi connectivity index (χ2n) is 14.9. The van der Waals surface area contributed by atoms with Gasteiger partial charge in [0.25, 0.3) is 0 Å². The Kier molecular flexibility index (Phi) is 13.5. The van der Waals surface area contributed by atoms with E-state index in [0.717, 1.165) is 27.1 Å². The van der Waals surface area contributed by atoms with E-state index in [4.69, 9.17) is 13.9 Å². The van der Waals surface area contributed by atoms with Gasteiger partial charge in [0, 0.05) is 18.0 Å². The van der Waals surface area contributed by atoms with Gasteiger partial charge < -0.3 is 34.5 Å². The summed E-state index contributed by atoms with van der Waals surface area (Å²) in [6.45, 7) is 17.3. The van der Waals surface area contributed by atoms with Crippen LogP contribution in [0, 0.1) is 12.3 Å². The Hall–Kier alpha value is -4.46. The number of furan rings is 1. The van der Waals surface area contributed by atoms with Crippen molar-refractivity contribution in [2.75, 3.05) is 26.3 Å². The molecule has 0 fully saturated rings. The first-order chi connectivity index (χ1) is 24.5. The first-order valence-corrected chi connectivity index (χ1v) is 18.4. The van der Waals surface area contributed by atoms with Crippen LogP contribution in [0.1, 0.15) is 78.4 Å². The molecule has 0 aliphatic rings. The number of hydrogen-bond acceptors (Lipinski definition) is 10. The van der Waals surface area contributed by atoms with Crippen LogP contribution in [0.2, 0.25) is 0 Å². The van der Waals surface area contributed by atoms with Gasteiger partial charge in [0.1, 0.15) is 35.3 Å². The van der Waals surface area contributed by atoms with Gasteiger partial charge in [0.2, 0.25) is 11.8 Å². The largest absolute Gasteiger partial charge is 0.492 e. The van der Waals surface area contributed by atoms with Gasteiger partial charge in [-0.25, -0.2) is 9.78 Å². The lowest BCUT2D eigenvalue weighted by atomic mass is 9.85. The van der Waals surface area contributed by atoms with Gasteiger partial charge in [-0.1, -0.05) is 45.0 Å². The van der Waals surface area contributed by atoms with Gasteiger partial charge in [0.05, 0.1) is 47.9 Å². The number of aliphatic hydroxyl groups is 1. The summed E-state index contributed by atoms with van der Waals surface area (Å²) in [6.07, 6.45) is -0.506. The summed E-state index contributed by atoms with van der Waals surface area (Å²) in [5.41, 5.74) is 4.30. The molecule has 4 rings (SSSR count). The third-order valence-corrected chi connectivity index (χ3v) is 9.40. The lowest BCUT2D eigenvalue weighted by Crippen LogP contribution is -2.58. The molecule has 0 bridgehead atoms. The quantitative estimate of drug-likeness (QED) is 0.102. The molecule has 0 saturated carbocycles. The Morgan fingerprint density at radius 3 is 2.35 bits per heavy atom. The van der Waals surface area contributed by atoms with Crippen LogP contribution < -0.4 is 20.7 Å². The number of aliphatic hydroxyl groups excluding tert-OH is 1. The molecular formula is C39H53N5O7S. The summed E-state index contributed by atoms with van der Waals surface area (Å²) in [4.78, 5) is 46.4. The summed E-state index contributed by atoms with van der Waals surface area (Å²) in [7, 11) is 0. The molecule has 0 saturated heterocycles. The number of hydrogen-bond donors (Lipinski definition) is 4. The minimum absolute atomic E-state index is 0.000331. The molecule has 3 atom stereocenters. The standard InChI is InChI=1S/C39H53N5O7S/c1-24(27-10-12-28(13-11-27)33-25(2)42-23-52-33)43-35(46)26(3)44(17-18-45)36(47)34(38(4,5)6)41-22-31-20-29-14-15-30(21-32(29)50-31)49-19-16-40-37(48)51-39(7,8)9/h10-15,20-21,23-24,26,34,41,45H,16-19,22H2,1-9H3,(H,40,48)(H,43,46)/t24-,26-,34+/m0/s1. The topological polar surface area (TPSA) is 155 Å². The summed E-state index contributed by atoms with van der Waals surface area (Å²) in [5, 5.41) is 19.9. The molecule has 0 spiro atoms. The first kappa shape index (κ1) is 40.3. The smallest absolute Gasteiger partial charge is 0.407 e. The predicted molar refractivity (Wildman–Crippen MR) is 203 cm³/mol. The Bertz CT molecular complexity index is 1810. The molecule has 3 amide bonds. The van der Waals surface area contributed by atoms with Gasteiger partial charge in [0.15, 0.2) is 0 Å². The molecule has 0 aliphatic carbocycles. The van der Waals surface area contributed by atoms with E-state index in [9.17, 15) is 19.5 Å². The molecule has 12 nitrogen and oxygen atoms in total. The van der Waals surface area contributed by atoms with E-state index in [-0.39, 0.29) is 50.7 Å². The van der Waals surface area contributed by atoms with E-state index in [2.05, 4.69) is 20.9 Å². The zero-order chi connectivity index (χ0) is 38.2. The molecule has 0 aliphatic heterocycles. The van der Waals surface area contributed by atoms with Crippen molar-refractivity contribution in [3.63, 3.8) is 0 Å². The Morgan fingerprint density at radius 1 is 1.02 bits per heavy atom. The Balaban J connectivity index is 1.37. The number of nitrogens with zero attached hydrogens (tertiary/aromatic N) is 2. The van der Waals surface area contributed by atoms with Crippen LogP contribution in [0.3, 0.4) is 0 Å². The minimum atomic E-state index is -0.836. The fourth-order valence-corrected chi connectivity index (χ4v) is 6.49. The monoisotopic (exact) mass is 735 g/mol. The summed E-state index contributed by atoms with van der Waals surface area (Å²) in [5.74, 6) is 0.582. The number of ether oxygens (including phenoxy) is 2. The number of thiazole rings is 1. The molecule has 2 heterocycles. The van der Waals surface area contributed by atoms with E-state index in [1.54, 1.807) is 45.1 Å². The van der Waals surface area contributed by atoms with E-state index in [0.29, 0.717) is 17.1 Å². The molecule has 0 radical (unpaired) electrons. The zero-order valence-electron chi connectivity index (χ0n) is 31.7. The van der Waals surface area contributed by atoms with Crippen LogP contribution in [0.4, 0.5) is 4.79 Å². The van der Waals surface area contributed by atoms with Crippen molar-refractivity contribution in [2.24, 2.45) is 5.41 Å². The van der Waals surface area contributed by atoms with E-state index < -0.39 is 29.2 Å². The van der Waals surface area contributed by atoms with Crippen molar-refractivity contribution in [3.05, 3.63) is 71.1 Å². The average Bonchev–Trinajstić information content (AvgIpc) is 3.69. The molecule has 4 N–H and O–H groups in total. The molecule has 2 aromatic carbocycles. The lowest BCUT2D eigenvalue weighted by Gasteiger charge is -2.37. The van der Waals surface area contributed by atoms with Crippen LogP contribution in [-0.4, -0.2) is 76.9 Å². The van der Waals surface area contributed by atoms with Crippen molar-refractivity contribution in [2.45, 2.75) is 92.6 Å². The van der Waals surface area contributed by atoms with Crippen molar-refractivity contribution in [1.82, 2.24) is 25.8 Å². The lowest BCUT2D eigenvalue weighted by molar-refractivity contribution is -0.144. The van der Waals surface area contributed by atoms with Gasteiger partial charge in [-0.3, -0.25) is 14.9 Å². The van der Waals surface area contributed by atoms with E-state index in [1.807, 2.05) is 82.6 Å². The van der Waals surface area contributed by atoms with Gasteiger partial charge in [-0.05, 0) is 76.3 Å². The highest BCUT2D eigenvalue weighted by Gasteiger charge is 2.37. The number of aryl methyl sites for hydroxylation is 1. The Morgan fingerprint density at radius 2 is 1.73 bits per heavy atom. The fraction of sp³-hybridized carbons (Fsp3) is 0.487. The molecule has 4 aromatic rings. The molecule has 282 valence electrons. The normalized spacial score (nSPS) is 13.7. The van der Waals surface area contributed by atoms with E-state index >= 15 is 0 Å². The van der Waals surface area contributed by atoms with Crippen molar-refractivity contribution in [1.29, 1.82) is 0 Å². The second kappa shape index (κ2) is 17.4. The van der Waals surface area contributed by atoms with Crippen LogP contribution in [0.15, 0.2) is 58.5 Å². The van der Waals surface area contributed by atoms with Crippen LogP contribution in [0.5, 0.6) is 5.75 Å². The highest BCUT2D eigenvalue weighted by atomic mass is 32.1. The highest BCUT2D eigenvalue weighted by Crippen LogP contribution is 2.29. The number of fused-ring (bicyclic) bond motifs is 1. The number of rotatable bonds is 15. The second-order valence-corrected chi connectivity index (χ2v) is 15.8. The number of benzene rings is 2. The van der Waals surface area contributed by atoms with Gasteiger partial charge >= 0.3 is 6.09 Å². The molecule has 52 heavy (non-hydrogen) atoms. The number of carbonyl (C=O) groups is 3. The predicted octanol–water partition coefficient (Wildman–Crippen LogP) is 6.36. The molecule has 0 unspecified atom stereocenters. The summed E-state index contributed by atoms with van der Waals surface area (Å²) < 4.78 is 17.1. The average molecular weight is 736 g/mol. The molecule has 13 heteroatoms. The third-order valence-electron chi connectivity index (χ3n) is 8.42. The van der Waals surface area contributed by atoms with Crippen LogP contribution in [-0.2, 0) is 20.9 Å². The summed E-state index contributed by atoms with van der Waals surface area (Å²) >= 11 is 1.59. The van der Waals surface area contributed by atoms with Crippen LogP contribution >= 0.6 is 11.3 Å². The van der Waals surface area contributed by atoms with Crippen molar-refractivity contribution in [3.8, 4) is 16.2 Å². The number of aromatic nitrogens is 1. The van der Waals surface area contributed by atoms with Crippen molar-refractivity contribution >= 4 is 40.2 Å². The first-order valence-electron chi connectivity index (χ1n) is 17.5. The van der Waals surface area contributed by atoms with E-state index in [1.165, 1.54) is 4.90 Å². The fourth-order valence-electron chi connectivity index (χ4n) is 5.68. The molecule has 2 aromatic heterocycles. The maximum absolute atomic E-state index is 14.1. The maximum Gasteiger partial charge on any atom is 0.407 e. The minimum Gasteiger partial charge on any atom is -0.492 e.